The van der Waals surface area contributed by atoms with Crippen molar-refractivity contribution in [1.29, 1.82) is 0 Å². The first-order valence-corrected chi connectivity index (χ1v) is 7.35. The fourth-order valence-electron chi connectivity index (χ4n) is 2.48. The lowest BCUT2D eigenvalue weighted by Crippen LogP contribution is -2.42. The van der Waals surface area contributed by atoms with Gasteiger partial charge in [0.15, 0.2) is 0 Å². The van der Waals surface area contributed by atoms with Gasteiger partial charge in [0.05, 0.1) is 18.1 Å². The van der Waals surface area contributed by atoms with Gasteiger partial charge in [-0.15, -0.1) is 23.7 Å². The maximum atomic E-state index is 12.2. The van der Waals surface area contributed by atoms with Gasteiger partial charge in [-0.3, -0.25) is 4.79 Å². The van der Waals surface area contributed by atoms with Gasteiger partial charge in [-0.25, -0.2) is 0 Å². The Kier molecular flexibility index (Phi) is 5.21. The van der Waals surface area contributed by atoms with Crippen LogP contribution in [0.3, 0.4) is 0 Å². The minimum Gasteiger partial charge on any atom is -0.376 e. The number of nitrogens with one attached hydrogen (secondary N) is 2. The van der Waals surface area contributed by atoms with E-state index in [4.69, 9.17) is 4.74 Å². The summed E-state index contributed by atoms with van der Waals surface area (Å²) in [4.78, 5) is 14.3. The predicted octanol–water partition coefficient (Wildman–Crippen LogP) is 1.72. The van der Waals surface area contributed by atoms with Crippen LogP contribution in [0, 0.1) is 0 Å². The average molecular weight is 303 g/mol. The van der Waals surface area contributed by atoms with Crippen LogP contribution in [0.4, 0.5) is 0 Å². The Bertz CT molecular complexity index is 420. The highest BCUT2D eigenvalue weighted by Crippen LogP contribution is 2.27. The zero-order valence-corrected chi connectivity index (χ0v) is 12.4. The zero-order valence-electron chi connectivity index (χ0n) is 10.7. The van der Waals surface area contributed by atoms with E-state index < -0.39 is 0 Å². The van der Waals surface area contributed by atoms with Crippen LogP contribution in [0.1, 0.15) is 33.0 Å². The minimum atomic E-state index is 0. The van der Waals surface area contributed by atoms with Crippen molar-refractivity contribution in [3.63, 3.8) is 0 Å². The molecule has 2 N–H and O–H groups in total. The molecule has 1 saturated heterocycles. The van der Waals surface area contributed by atoms with E-state index in [0.717, 1.165) is 43.8 Å². The van der Waals surface area contributed by atoms with Crippen molar-refractivity contribution in [2.75, 3.05) is 19.7 Å². The summed E-state index contributed by atoms with van der Waals surface area (Å²) in [6.45, 7) is 3.44. The van der Waals surface area contributed by atoms with Crippen LogP contribution in [0.5, 0.6) is 0 Å². The lowest BCUT2D eigenvalue weighted by molar-refractivity contribution is 0.0933. The molecular formula is C13H19ClN2O2S. The van der Waals surface area contributed by atoms with Crippen LogP contribution in [0.25, 0.3) is 0 Å². The van der Waals surface area contributed by atoms with Gasteiger partial charge >= 0.3 is 0 Å². The van der Waals surface area contributed by atoms with Gasteiger partial charge in [0, 0.05) is 17.3 Å². The number of thiophene rings is 1. The third-order valence-corrected chi connectivity index (χ3v) is 4.76. The van der Waals surface area contributed by atoms with E-state index in [1.807, 2.05) is 6.07 Å². The van der Waals surface area contributed by atoms with E-state index in [2.05, 4.69) is 10.6 Å². The van der Waals surface area contributed by atoms with Gasteiger partial charge in [-0.2, -0.15) is 0 Å². The van der Waals surface area contributed by atoms with Gasteiger partial charge in [0.2, 0.25) is 0 Å². The molecule has 2 aliphatic rings. The maximum absolute atomic E-state index is 12.2. The quantitative estimate of drug-likeness (QED) is 0.875. The number of hydrogen-bond acceptors (Lipinski definition) is 4. The molecule has 0 radical (unpaired) electrons. The number of hydrogen-bond donors (Lipinski definition) is 2. The van der Waals surface area contributed by atoms with E-state index in [9.17, 15) is 4.79 Å². The highest BCUT2D eigenvalue weighted by atomic mass is 35.5. The molecule has 1 aromatic rings. The van der Waals surface area contributed by atoms with Crippen molar-refractivity contribution in [2.45, 2.75) is 31.9 Å². The molecule has 0 unspecified atom stereocenters. The normalized spacial score (nSPS) is 19.4. The molecule has 0 saturated carbocycles. The van der Waals surface area contributed by atoms with E-state index in [-0.39, 0.29) is 18.3 Å². The highest BCUT2D eigenvalue weighted by molar-refractivity contribution is 7.14. The Morgan fingerprint density at radius 3 is 2.95 bits per heavy atom. The summed E-state index contributed by atoms with van der Waals surface area (Å²) in [5, 5.41) is 6.44. The minimum absolute atomic E-state index is 0. The maximum Gasteiger partial charge on any atom is 0.261 e. The number of carbonyl (C=O) groups excluding carboxylic acids is 1. The largest absolute Gasteiger partial charge is 0.376 e. The lowest BCUT2D eigenvalue weighted by Gasteiger charge is -2.23. The lowest BCUT2D eigenvalue weighted by atomic mass is 10.1. The highest BCUT2D eigenvalue weighted by Gasteiger charge is 2.20. The average Bonchev–Trinajstić information content (AvgIpc) is 2.84. The Labute approximate surface area is 123 Å². The second-order valence-electron chi connectivity index (χ2n) is 4.86. The standard InChI is InChI=1S/C13H18N2O2S.ClH/c16-13(15-10-1-4-14-5-2-10)12-7-9-8-17-6-3-11(9)18-12;/h7,10,14H,1-6,8H2,(H,15,16);1H. The van der Waals surface area contributed by atoms with Crippen molar-refractivity contribution in [3.8, 4) is 0 Å². The zero-order chi connectivity index (χ0) is 12.4. The molecule has 1 amide bonds. The molecule has 3 heterocycles. The first kappa shape index (κ1) is 14.8. The number of fused-ring (bicyclic) bond motifs is 1. The predicted molar refractivity (Wildman–Crippen MR) is 78.3 cm³/mol. The number of carbonyl (C=O) groups is 1. The fourth-order valence-corrected chi connectivity index (χ4v) is 3.53. The van der Waals surface area contributed by atoms with Crippen LogP contribution in [0.15, 0.2) is 6.07 Å². The first-order valence-electron chi connectivity index (χ1n) is 6.54. The first-order chi connectivity index (χ1) is 8.83. The molecule has 3 rings (SSSR count). The molecule has 19 heavy (non-hydrogen) atoms. The molecule has 4 nitrogen and oxygen atoms in total. The Balaban J connectivity index is 0.00000133. The summed E-state index contributed by atoms with van der Waals surface area (Å²) in [5.74, 6) is 0.0845. The molecule has 0 spiro atoms. The van der Waals surface area contributed by atoms with Gasteiger partial charge in [-0.1, -0.05) is 0 Å². The summed E-state index contributed by atoms with van der Waals surface area (Å²) in [7, 11) is 0. The van der Waals surface area contributed by atoms with Crippen LogP contribution >= 0.6 is 23.7 Å². The number of amides is 1. The van der Waals surface area contributed by atoms with Crippen molar-refractivity contribution in [3.05, 3.63) is 21.4 Å². The van der Waals surface area contributed by atoms with Crippen LogP contribution in [0.2, 0.25) is 0 Å². The van der Waals surface area contributed by atoms with Gasteiger partial charge in [-0.05, 0) is 37.6 Å². The van der Waals surface area contributed by atoms with Crippen LogP contribution in [-0.2, 0) is 17.8 Å². The third kappa shape index (κ3) is 3.48. The fraction of sp³-hybridized carbons (Fsp3) is 0.615. The number of halogens is 1. The summed E-state index contributed by atoms with van der Waals surface area (Å²) >= 11 is 1.62. The summed E-state index contributed by atoms with van der Waals surface area (Å²) in [6.07, 6.45) is 3.00. The molecule has 0 aromatic carbocycles. The molecule has 0 atom stereocenters. The molecular weight excluding hydrogens is 284 g/mol. The monoisotopic (exact) mass is 302 g/mol. The van der Waals surface area contributed by atoms with Crippen molar-refractivity contribution >= 4 is 29.7 Å². The summed E-state index contributed by atoms with van der Waals surface area (Å²) < 4.78 is 5.41. The Morgan fingerprint density at radius 1 is 1.42 bits per heavy atom. The number of ether oxygens (including phenoxy) is 1. The topological polar surface area (TPSA) is 50.4 Å². The molecule has 106 valence electrons. The molecule has 1 aromatic heterocycles. The van der Waals surface area contributed by atoms with E-state index in [0.29, 0.717) is 12.6 Å². The van der Waals surface area contributed by atoms with Gasteiger partial charge < -0.3 is 15.4 Å². The van der Waals surface area contributed by atoms with Crippen molar-refractivity contribution < 1.29 is 9.53 Å². The van der Waals surface area contributed by atoms with Gasteiger partial charge in [0.25, 0.3) is 5.91 Å². The molecule has 1 fully saturated rings. The van der Waals surface area contributed by atoms with E-state index in [1.165, 1.54) is 10.4 Å². The van der Waals surface area contributed by atoms with Crippen LogP contribution < -0.4 is 10.6 Å². The second-order valence-corrected chi connectivity index (χ2v) is 6.00. The number of piperidine rings is 1. The van der Waals surface area contributed by atoms with Crippen molar-refractivity contribution in [1.82, 2.24) is 10.6 Å². The molecule has 6 heteroatoms. The second kappa shape index (κ2) is 6.70. The molecule has 2 aliphatic heterocycles. The van der Waals surface area contributed by atoms with E-state index in [1.54, 1.807) is 11.3 Å². The Morgan fingerprint density at radius 2 is 2.21 bits per heavy atom. The summed E-state index contributed by atoms with van der Waals surface area (Å²) in [5.41, 5.74) is 1.20. The smallest absolute Gasteiger partial charge is 0.261 e. The number of rotatable bonds is 2. The van der Waals surface area contributed by atoms with Crippen molar-refractivity contribution in [2.24, 2.45) is 0 Å². The van der Waals surface area contributed by atoms with Crippen LogP contribution in [-0.4, -0.2) is 31.6 Å². The Hall–Kier alpha value is -0.620. The third-order valence-electron chi connectivity index (χ3n) is 3.53. The molecule has 0 bridgehead atoms. The van der Waals surface area contributed by atoms with E-state index >= 15 is 0 Å². The SMILES string of the molecule is Cl.O=C(NC1CCNCC1)c1cc2c(s1)CCOC2. The molecule has 0 aliphatic carbocycles. The van der Waals surface area contributed by atoms with Gasteiger partial charge in [0.1, 0.15) is 0 Å². The summed E-state index contributed by atoms with van der Waals surface area (Å²) in [6, 6.07) is 2.32.